The first kappa shape index (κ1) is 20.7. The Hall–Kier alpha value is -2.06. The maximum absolute atomic E-state index is 12.5. The quantitative estimate of drug-likeness (QED) is 0.388. The second-order valence-electron chi connectivity index (χ2n) is 6.90. The minimum atomic E-state index is -3.02. The number of hydrogen-bond acceptors (Lipinski definition) is 6. The van der Waals surface area contributed by atoms with Gasteiger partial charge in [-0.15, -0.1) is 11.8 Å². The highest BCUT2D eigenvalue weighted by molar-refractivity contribution is 8.00. The lowest BCUT2D eigenvalue weighted by Crippen LogP contribution is -2.17. The highest BCUT2D eigenvalue weighted by Crippen LogP contribution is 2.29. The van der Waals surface area contributed by atoms with Gasteiger partial charge in [-0.05, 0) is 38.5 Å². The van der Waals surface area contributed by atoms with Crippen LogP contribution in [0.3, 0.4) is 0 Å². The van der Waals surface area contributed by atoms with Gasteiger partial charge in [0.2, 0.25) is 5.78 Å². The number of aromatic nitrogens is 1. The van der Waals surface area contributed by atoms with Crippen LogP contribution < -0.4 is 0 Å². The molecule has 1 saturated heterocycles. The zero-order valence-corrected chi connectivity index (χ0v) is 17.5. The largest absolute Gasteiger partial charge is 0.457 e. The van der Waals surface area contributed by atoms with E-state index in [2.05, 4.69) is 0 Å². The van der Waals surface area contributed by atoms with Gasteiger partial charge in [0.15, 0.2) is 16.4 Å². The van der Waals surface area contributed by atoms with Gasteiger partial charge >= 0.3 is 5.97 Å². The number of hydrogen-bond donors (Lipinski definition) is 0. The number of rotatable bonds is 7. The van der Waals surface area contributed by atoms with Gasteiger partial charge in [0.1, 0.15) is 0 Å². The average Bonchev–Trinajstić information content (AvgIpc) is 3.16. The lowest BCUT2D eigenvalue weighted by atomic mass is 10.1. The van der Waals surface area contributed by atoms with E-state index < -0.39 is 15.8 Å². The number of esters is 1. The zero-order chi connectivity index (χ0) is 20.3. The van der Waals surface area contributed by atoms with Crippen molar-refractivity contribution in [1.29, 1.82) is 0 Å². The first-order valence-electron chi connectivity index (χ1n) is 9.02. The van der Waals surface area contributed by atoms with E-state index in [1.54, 1.807) is 13.0 Å². The number of carbonyl (C=O) groups excluding carboxylic acids is 2. The first-order chi connectivity index (χ1) is 13.3. The Balaban J connectivity index is 1.59. The summed E-state index contributed by atoms with van der Waals surface area (Å²) in [5, 5.41) is 0. The van der Waals surface area contributed by atoms with Gasteiger partial charge in [-0.25, -0.2) is 8.42 Å². The van der Waals surface area contributed by atoms with Crippen LogP contribution in [0.2, 0.25) is 0 Å². The molecule has 6 nitrogen and oxygen atoms in total. The fourth-order valence-corrected chi connectivity index (χ4v) is 5.94. The van der Waals surface area contributed by atoms with Crippen LogP contribution in [0.4, 0.5) is 0 Å². The Labute approximate surface area is 169 Å². The molecule has 28 heavy (non-hydrogen) atoms. The minimum Gasteiger partial charge on any atom is -0.457 e. The van der Waals surface area contributed by atoms with Crippen LogP contribution in [0.5, 0.6) is 0 Å². The van der Waals surface area contributed by atoms with Crippen molar-refractivity contribution >= 4 is 33.4 Å². The lowest BCUT2D eigenvalue weighted by molar-refractivity contribution is -0.139. The molecule has 2 aromatic rings. The molecule has 1 atom stereocenters. The molecule has 1 aliphatic heterocycles. The molecule has 8 heteroatoms. The van der Waals surface area contributed by atoms with Crippen LogP contribution >= 0.6 is 11.8 Å². The fourth-order valence-electron chi connectivity index (χ4n) is 3.52. The Kier molecular flexibility index (Phi) is 6.30. The number of sulfone groups is 1. The van der Waals surface area contributed by atoms with Crippen molar-refractivity contribution in [3.05, 3.63) is 53.3 Å². The average molecular weight is 422 g/mol. The van der Waals surface area contributed by atoms with E-state index >= 15 is 0 Å². The third kappa shape index (κ3) is 4.86. The highest BCUT2D eigenvalue weighted by atomic mass is 32.2. The topological polar surface area (TPSA) is 82.4 Å². The van der Waals surface area contributed by atoms with Gasteiger partial charge in [0.25, 0.3) is 0 Å². The summed E-state index contributed by atoms with van der Waals surface area (Å²) in [5.41, 5.74) is 2.04. The van der Waals surface area contributed by atoms with Crippen molar-refractivity contribution in [2.24, 2.45) is 0 Å². The lowest BCUT2D eigenvalue weighted by Gasteiger charge is -2.16. The molecule has 1 fully saturated rings. The molecule has 0 spiro atoms. The molecule has 1 aliphatic rings. The number of benzene rings is 1. The van der Waals surface area contributed by atoms with Gasteiger partial charge < -0.3 is 9.30 Å². The second kappa shape index (κ2) is 8.53. The summed E-state index contributed by atoms with van der Waals surface area (Å²) in [6, 6.07) is 11.1. The molecule has 0 bridgehead atoms. The summed E-state index contributed by atoms with van der Waals surface area (Å²) >= 11 is 1.36. The Bertz CT molecular complexity index is 980. The van der Waals surface area contributed by atoms with Crippen molar-refractivity contribution in [2.75, 3.05) is 23.9 Å². The second-order valence-corrected chi connectivity index (χ2v) is 10.2. The molecule has 3 rings (SSSR count). The van der Waals surface area contributed by atoms with Crippen molar-refractivity contribution in [3.63, 3.8) is 0 Å². The van der Waals surface area contributed by atoms with Crippen molar-refractivity contribution in [1.82, 2.24) is 4.57 Å². The molecule has 1 unspecified atom stereocenters. The van der Waals surface area contributed by atoms with Gasteiger partial charge in [-0.1, -0.05) is 18.2 Å². The van der Waals surface area contributed by atoms with Gasteiger partial charge in [0.05, 0.1) is 17.3 Å². The summed E-state index contributed by atoms with van der Waals surface area (Å²) in [6.07, 6.45) is 0.554. The number of carbonyl (C=O) groups is 2. The normalized spacial score (nSPS) is 18.1. The van der Waals surface area contributed by atoms with E-state index in [0.717, 1.165) is 16.3 Å². The van der Waals surface area contributed by atoms with Gasteiger partial charge in [0, 0.05) is 27.9 Å². The minimum absolute atomic E-state index is 0.0999. The Morgan fingerprint density at radius 3 is 2.57 bits per heavy atom. The van der Waals surface area contributed by atoms with E-state index in [1.807, 2.05) is 41.8 Å². The molecule has 150 valence electrons. The van der Waals surface area contributed by atoms with Gasteiger partial charge in [-0.2, -0.15) is 0 Å². The molecular weight excluding hydrogens is 398 g/mol. The van der Waals surface area contributed by atoms with Crippen molar-refractivity contribution in [3.8, 4) is 0 Å². The number of ether oxygens (including phenoxy) is 1. The SMILES string of the molecule is Cc1cc(C(=O)COC(=O)CSc2ccccc2)c(C)n1C1CCS(=O)(=O)C1. The molecule has 0 N–H and O–H groups in total. The molecule has 0 amide bonds. The van der Waals surface area contributed by atoms with Crippen LogP contribution in [0, 0.1) is 13.8 Å². The number of thioether (sulfide) groups is 1. The van der Waals surface area contributed by atoms with Crippen LogP contribution in [-0.4, -0.2) is 48.6 Å². The maximum Gasteiger partial charge on any atom is 0.316 e. The smallest absolute Gasteiger partial charge is 0.316 e. The highest BCUT2D eigenvalue weighted by Gasteiger charge is 2.31. The first-order valence-corrected chi connectivity index (χ1v) is 11.8. The van der Waals surface area contributed by atoms with Crippen LogP contribution in [0.25, 0.3) is 0 Å². The van der Waals surface area contributed by atoms with E-state index in [4.69, 9.17) is 4.74 Å². The number of Topliss-reactive ketones (excluding diaryl/α,β-unsaturated/α-hetero) is 1. The van der Waals surface area contributed by atoms with Gasteiger partial charge in [-0.3, -0.25) is 9.59 Å². The van der Waals surface area contributed by atoms with E-state index in [9.17, 15) is 18.0 Å². The summed E-state index contributed by atoms with van der Waals surface area (Å²) in [6.45, 7) is 3.34. The Morgan fingerprint density at radius 2 is 1.93 bits per heavy atom. The van der Waals surface area contributed by atoms with E-state index in [-0.39, 0.29) is 35.7 Å². The molecule has 2 heterocycles. The van der Waals surface area contributed by atoms with Crippen LogP contribution in [0.1, 0.15) is 34.2 Å². The molecule has 0 radical (unpaired) electrons. The fraction of sp³-hybridized carbons (Fsp3) is 0.400. The predicted molar refractivity (Wildman–Crippen MR) is 109 cm³/mol. The molecular formula is C20H23NO5S2. The number of aryl methyl sites for hydroxylation is 1. The van der Waals surface area contributed by atoms with Crippen molar-refractivity contribution in [2.45, 2.75) is 31.2 Å². The Morgan fingerprint density at radius 1 is 1.21 bits per heavy atom. The zero-order valence-electron chi connectivity index (χ0n) is 15.9. The summed E-state index contributed by atoms with van der Waals surface area (Å²) < 4.78 is 30.6. The van der Waals surface area contributed by atoms with E-state index in [1.165, 1.54) is 11.8 Å². The molecule has 0 aliphatic carbocycles. The van der Waals surface area contributed by atoms with Crippen LogP contribution in [-0.2, 0) is 19.4 Å². The summed E-state index contributed by atoms with van der Waals surface area (Å²) in [4.78, 5) is 25.4. The summed E-state index contributed by atoms with van der Waals surface area (Å²) in [5.74, 6) is -0.315. The number of ketones is 1. The molecule has 0 saturated carbocycles. The van der Waals surface area contributed by atoms with E-state index in [0.29, 0.717) is 12.0 Å². The third-order valence-corrected chi connectivity index (χ3v) is 7.56. The van der Waals surface area contributed by atoms with Crippen molar-refractivity contribution < 1.29 is 22.7 Å². The summed E-state index contributed by atoms with van der Waals surface area (Å²) in [7, 11) is -3.02. The maximum atomic E-state index is 12.5. The molecule has 1 aromatic carbocycles. The third-order valence-electron chi connectivity index (χ3n) is 4.82. The number of nitrogens with zero attached hydrogens (tertiary/aromatic N) is 1. The van der Waals surface area contributed by atoms with Crippen LogP contribution in [0.15, 0.2) is 41.3 Å². The predicted octanol–water partition coefficient (Wildman–Crippen LogP) is 2.98. The standard InChI is InChI=1S/C20H23NO5S2/c1-14-10-18(15(2)21(14)16-8-9-28(24,25)13-16)19(22)11-26-20(23)12-27-17-6-4-3-5-7-17/h3-7,10,16H,8-9,11-13H2,1-2H3. The monoisotopic (exact) mass is 421 g/mol. The molecule has 1 aromatic heterocycles.